The molecule has 0 saturated carbocycles. The maximum absolute atomic E-state index is 13.4. The molecule has 34 heavy (non-hydrogen) atoms. The van der Waals surface area contributed by atoms with Crippen LogP contribution in [0, 0.1) is 6.92 Å². The van der Waals surface area contributed by atoms with Crippen molar-refractivity contribution in [2.24, 2.45) is 0 Å². The normalized spacial score (nSPS) is 10.9. The highest BCUT2D eigenvalue weighted by Gasteiger charge is 2.26. The number of methoxy groups -OCH3 is 2. The first-order chi connectivity index (χ1) is 16.3. The van der Waals surface area contributed by atoms with Crippen LogP contribution in [0.4, 0.5) is 5.69 Å². The summed E-state index contributed by atoms with van der Waals surface area (Å²) in [6, 6.07) is 17.5. The fraction of sp³-hybridized carbons (Fsp3) is 0.154. The van der Waals surface area contributed by atoms with Gasteiger partial charge in [0.1, 0.15) is 11.5 Å². The number of ether oxygens (including phenoxy) is 2. The molecule has 0 saturated heterocycles. The second-order valence-electron chi connectivity index (χ2n) is 7.68. The molecule has 3 aromatic carbocycles. The number of benzene rings is 3. The fourth-order valence-electron chi connectivity index (χ4n) is 3.90. The first-order valence-corrected chi connectivity index (χ1v) is 11.2. The monoisotopic (exact) mass is 496 g/mol. The molecule has 0 atom stereocenters. The summed E-state index contributed by atoms with van der Waals surface area (Å²) in [5.74, 6) is -0.249. The van der Waals surface area contributed by atoms with Gasteiger partial charge in [-0.3, -0.25) is 9.59 Å². The lowest BCUT2D eigenvalue weighted by Crippen LogP contribution is -2.23. The van der Waals surface area contributed by atoms with Crippen LogP contribution in [0.5, 0.6) is 11.5 Å². The van der Waals surface area contributed by atoms with Crippen LogP contribution in [0.15, 0.2) is 60.7 Å². The predicted molar refractivity (Wildman–Crippen MR) is 135 cm³/mol. The summed E-state index contributed by atoms with van der Waals surface area (Å²) in [4.78, 5) is 26.3. The zero-order valence-corrected chi connectivity index (χ0v) is 20.3. The van der Waals surface area contributed by atoms with E-state index in [-0.39, 0.29) is 0 Å². The van der Waals surface area contributed by atoms with E-state index in [0.29, 0.717) is 50.4 Å². The summed E-state index contributed by atoms with van der Waals surface area (Å²) in [6.07, 6.45) is 0. The zero-order valence-electron chi connectivity index (χ0n) is 18.8. The van der Waals surface area contributed by atoms with E-state index in [2.05, 4.69) is 5.32 Å². The summed E-state index contributed by atoms with van der Waals surface area (Å²) in [5, 5.41) is 4.34. The van der Waals surface area contributed by atoms with Crippen molar-refractivity contribution in [3.8, 4) is 11.5 Å². The molecule has 6 nitrogen and oxygen atoms in total. The quantitative estimate of drug-likeness (QED) is 0.246. The van der Waals surface area contributed by atoms with Crippen molar-refractivity contribution in [1.29, 1.82) is 0 Å². The lowest BCUT2D eigenvalue weighted by Gasteiger charge is -2.11. The third-order valence-electron chi connectivity index (χ3n) is 5.64. The van der Waals surface area contributed by atoms with Gasteiger partial charge in [-0.15, -0.1) is 0 Å². The Balaban J connectivity index is 1.77. The molecule has 0 aliphatic heterocycles. The fourth-order valence-corrected chi connectivity index (χ4v) is 4.37. The molecule has 1 N–H and O–H groups in total. The smallest absolute Gasteiger partial charge is 0.296 e. The summed E-state index contributed by atoms with van der Waals surface area (Å²) < 4.78 is 12.5. The number of aromatic nitrogens is 1. The first-order valence-electron chi connectivity index (χ1n) is 10.4. The number of hydrogen-bond donors (Lipinski definition) is 1. The number of anilines is 1. The highest BCUT2D eigenvalue weighted by atomic mass is 35.5. The molecule has 0 radical (unpaired) electrons. The average molecular weight is 497 g/mol. The minimum atomic E-state index is -0.747. The summed E-state index contributed by atoms with van der Waals surface area (Å²) >= 11 is 12.4. The number of nitrogens with one attached hydrogen (secondary N) is 1. The van der Waals surface area contributed by atoms with Gasteiger partial charge in [-0.05, 0) is 55.0 Å². The Hall–Kier alpha value is -3.48. The molecule has 0 fully saturated rings. The Labute approximate surface area is 207 Å². The van der Waals surface area contributed by atoms with Crippen molar-refractivity contribution in [2.75, 3.05) is 19.5 Å². The van der Waals surface area contributed by atoms with Gasteiger partial charge in [0.2, 0.25) is 0 Å². The van der Waals surface area contributed by atoms with Crippen molar-refractivity contribution >= 4 is 51.5 Å². The molecule has 4 aromatic rings. The van der Waals surface area contributed by atoms with Crippen LogP contribution in [0.3, 0.4) is 0 Å². The van der Waals surface area contributed by atoms with E-state index >= 15 is 0 Å². The topological polar surface area (TPSA) is 69.6 Å². The Bertz CT molecular complexity index is 1410. The largest absolute Gasteiger partial charge is 0.497 e. The molecular formula is C26H22Cl2N2O4. The molecule has 1 amide bonds. The number of rotatable bonds is 7. The van der Waals surface area contributed by atoms with Crippen molar-refractivity contribution in [2.45, 2.75) is 13.5 Å². The van der Waals surface area contributed by atoms with E-state index in [1.807, 2.05) is 29.7 Å². The van der Waals surface area contributed by atoms with Crippen molar-refractivity contribution < 1.29 is 19.1 Å². The van der Waals surface area contributed by atoms with E-state index in [0.717, 1.165) is 11.1 Å². The number of amides is 1. The van der Waals surface area contributed by atoms with Gasteiger partial charge < -0.3 is 19.4 Å². The molecular weight excluding hydrogens is 475 g/mol. The predicted octanol–water partition coefficient (Wildman–Crippen LogP) is 6.14. The van der Waals surface area contributed by atoms with E-state index in [9.17, 15) is 9.59 Å². The average Bonchev–Trinajstić information content (AvgIpc) is 3.10. The SMILES string of the molecule is COc1cccc(NC(=O)C(=O)c2c(C)n(Cc3ccc(Cl)cc3Cl)c3ccc(OC)cc23)c1. The van der Waals surface area contributed by atoms with Crippen molar-refractivity contribution in [3.05, 3.63) is 87.5 Å². The Morgan fingerprint density at radius 3 is 2.38 bits per heavy atom. The lowest BCUT2D eigenvalue weighted by atomic mass is 10.1. The zero-order chi connectivity index (χ0) is 24.4. The van der Waals surface area contributed by atoms with Crippen LogP contribution in [0.2, 0.25) is 10.0 Å². The number of carbonyl (C=O) groups is 2. The van der Waals surface area contributed by atoms with Crippen molar-refractivity contribution in [3.63, 3.8) is 0 Å². The van der Waals surface area contributed by atoms with Gasteiger partial charge in [-0.1, -0.05) is 35.3 Å². The van der Waals surface area contributed by atoms with Crippen LogP contribution < -0.4 is 14.8 Å². The van der Waals surface area contributed by atoms with Gasteiger partial charge in [0.15, 0.2) is 0 Å². The molecule has 0 spiro atoms. The molecule has 0 bridgehead atoms. The number of hydrogen-bond acceptors (Lipinski definition) is 4. The molecule has 0 aliphatic rings. The number of fused-ring (bicyclic) bond motifs is 1. The summed E-state index contributed by atoms with van der Waals surface area (Å²) in [5.41, 5.74) is 3.02. The van der Waals surface area contributed by atoms with E-state index in [1.165, 1.54) is 7.11 Å². The molecule has 1 heterocycles. The van der Waals surface area contributed by atoms with Crippen LogP contribution in [0.1, 0.15) is 21.6 Å². The number of halogens is 2. The number of nitrogens with zero attached hydrogens (tertiary/aromatic N) is 1. The van der Waals surface area contributed by atoms with Crippen molar-refractivity contribution in [1.82, 2.24) is 4.57 Å². The molecule has 4 rings (SSSR count). The van der Waals surface area contributed by atoms with E-state index < -0.39 is 11.7 Å². The molecule has 0 aliphatic carbocycles. The first kappa shape index (κ1) is 23.7. The maximum atomic E-state index is 13.4. The van der Waals surface area contributed by atoms with Gasteiger partial charge in [-0.25, -0.2) is 0 Å². The lowest BCUT2D eigenvalue weighted by molar-refractivity contribution is -0.112. The minimum absolute atomic E-state index is 0.305. The summed E-state index contributed by atoms with van der Waals surface area (Å²) in [7, 11) is 3.08. The molecule has 8 heteroatoms. The van der Waals surface area contributed by atoms with Gasteiger partial charge in [-0.2, -0.15) is 0 Å². The second kappa shape index (κ2) is 9.79. The Morgan fingerprint density at radius 1 is 0.941 bits per heavy atom. The minimum Gasteiger partial charge on any atom is -0.497 e. The maximum Gasteiger partial charge on any atom is 0.296 e. The standard InChI is InChI=1S/C26H22Cl2N2O4/c1-15-24(25(31)26(32)29-18-5-4-6-19(12-18)33-2)21-13-20(34-3)9-10-23(21)30(15)14-16-7-8-17(27)11-22(16)28/h4-13H,14H2,1-3H3,(H,29,32). The van der Waals surface area contributed by atoms with Crippen LogP contribution in [-0.4, -0.2) is 30.5 Å². The number of ketones is 1. The Morgan fingerprint density at radius 2 is 1.68 bits per heavy atom. The van der Waals surface area contributed by atoms with Crippen LogP contribution in [-0.2, 0) is 11.3 Å². The van der Waals surface area contributed by atoms with Gasteiger partial charge >= 0.3 is 0 Å². The van der Waals surface area contributed by atoms with Gasteiger partial charge in [0, 0.05) is 44.9 Å². The van der Waals surface area contributed by atoms with E-state index in [4.69, 9.17) is 32.7 Å². The van der Waals surface area contributed by atoms with Crippen LogP contribution in [0.25, 0.3) is 10.9 Å². The van der Waals surface area contributed by atoms with Crippen LogP contribution >= 0.6 is 23.2 Å². The highest BCUT2D eigenvalue weighted by Crippen LogP contribution is 2.32. The third-order valence-corrected chi connectivity index (χ3v) is 6.22. The number of carbonyl (C=O) groups excluding carboxylic acids is 2. The van der Waals surface area contributed by atoms with E-state index in [1.54, 1.807) is 49.6 Å². The molecule has 0 unspecified atom stereocenters. The molecule has 1 aromatic heterocycles. The van der Waals surface area contributed by atoms with Gasteiger partial charge in [0.25, 0.3) is 11.7 Å². The van der Waals surface area contributed by atoms with Gasteiger partial charge in [0.05, 0.1) is 19.8 Å². The second-order valence-corrected chi connectivity index (χ2v) is 8.52. The number of Topliss-reactive ketones (excluding diaryl/α,β-unsaturated/α-hetero) is 1. The third kappa shape index (κ3) is 4.60. The Kier molecular flexibility index (Phi) is 6.82. The molecule has 174 valence electrons. The summed E-state index contributed by atoms with van der Waals surface area (Å²) in [6.45, 7) is 2.21. The highest BCUT2D eigenvalue weighted by molar-refractivity contribution is 6.48.